The fourth-order valence-corrected chi connectivity index (χ4v) is 3.23. The third-order valence-electron chi connectivity index (χ3n) is 3.89. The minimum Gasteiger partial charge on any atom is -0.378 e. The summed E-state index contributed by atoms with van der Waals surface area (Å²) in [4.78, 5) is 18.8. The summed E-state index contributed by atoms with van der Waals surface area (Å²) < 4.78 is 25.0. The van der Waals surface area contributed by atoms with Gasteiger partial charge < -0.3 is 15.5 Å². The lowest BCUT2D eigenvalue weighted by molar-refractivity contribution is -0.0258. The first-order valence-corrected chi connectivity index (χ1v) is 9.62. The molecule has 0 aliphatic rings. The van der Waals surface area contributed by atoms with Gasteiger partial charge in [0.15, 0.2) is 0 Å². The normalized spacial score (nSPS) is 11.3. The quantitative estimate of drug-likeness (QED) is 0.706. The summed E-state index contributed by atoms with van der Waals surface area (Å²) in [6, 6.07) is 13.3. The van der Waals surface area contributed by atoms with Gasteiger partial charge in [-0.2, -0.15) is 0 Å². The molecular formula is C18H24N4O4S. The number of benzene rings is 2. The molecule has 0 aromatic heterocycles. The highest BCUT2D eigenvalue weighted by Gasteiger charge is 2.20. The van der Waals surface area contributed by atoms with Gasteiger partial charge in [-0.25, -0.2) is 13.2 Å². The van der Waals surface area contributed by atoms with E-state index in [1.54, 1.807) is 0 Å². The smallest absolute Gasteiger partial charge is 0.319 e. The molecule has 8 nitrogen and oxygen atoms in total. The number of urea groups is 1. The summed E-state index contributed by atoms with van der Waals surface area (Å²) in [5.74, 6) is 0. The first-order valence-electron chi connectivity index (χ1n) is 8.18. The van der Waals surface area contributed by atoms with E-state index in [1.807, 2.05) is 43.3 Å². The van der Waals surface area contributed by atoms with Gasteiger partial charge in [0.25, 0.3) is 10.0 Å². The molecule has 146 valence electrons. The van der Waals surface area contributed by atoms with Crippen molar-refractivity contribution < 1.29 is 18.0 Å². The van der Waals surface area contributed by atoms with Crippen molar-refractivity contribution in [2.75, 3.05) is 38.5 Å². The molecule has 2 N–H and O–H groups in total. The molecule has 0 saturated heterocycles. The summed E-state index contributed by atoms with van der Waals surface area (Å²) in [5, 5.41) is 5.44. The van der Waals surface area contributed by atoms with E-state index in [1.165, 1.54) is 38.4 Å². The molecule has 0 spiro atoms. The van der Waals surface area contributed by atoms with Gasteiger partial charge in [-0.1, -0.05) is 16.6 Å². The molecule has 0 atom stereocenters. The van der Waals surface area contributed by atoms with Gasteiger partial charge in [0, 0.05) is 39.1 Å². The zero-order valence-electron chi connectivity index (χ0n) is 15.8. The summed E-state index contributed by atoms with van der Waals surface area (Å²) in [5.41, 5.74) is 2.50. The van der Waals surface area contributed by atoms with E-state index in [-0.39, 0.29) is 10.9 Å². The fourth-order valence-electron chi connectivity index (χ4n) is 2.26. The highest BCUT2D eigenvalue weighted by Crippen LogP contribution is 2.17. The van der Waals surface area contributed by atoms with Gasteiger partial charge in [-0.05, 0) is 42.0 Å². The number of hydrogen-bond donors (Lipinski definition) is 2. The van der Waals surface area contributed by atoms with Crippen molar-refractivity contribution in [1.29, 1.82) is 0 Å². The molecule has 0 aliphatic heterocycles. The highest BCUT2D eigenvalue weighted by atomic mass is 32.2. The average molecular weight is 392 g/mol. The van der Waals surface area contributed by atoms with E-state index in [4.69, 9.17) is 4.84 Å². The van der Waals surface area contributed by atoms with Crippen molar-refractivity contribution >= 4 is 27.4 Å². The number of carbonyl (C=O) groups excluding carboxylic acids is 1. The topological polar surface area (TPSA) is 91.0 Å². The Morgan fingerprint density at radius 2 is 1.74 bits per heavy atom. The lowest BCUT2D eigenvalue weighted by Gasteiger charge is -2.15. The van der Waals surface area contributed by atoms with Crippen molar-refractivity contribution in [1.82, 2.24) is 9.79 Å². The van der Waals surface area contributed by atoms with Crippen molar-refractivity contribution in [2.45, 2.75) is 11.4 Å². The van der Waals surface area contributed by atoms with Crippen molar-refractivity contribution in [3.8, 4) is 0 Å². The van der Waals surface area contributed by atoms with Crippen LogP contribution in [0.25, 0.3) is 0 Å². The zero-order valence-corrected chi connectivity index (χ0v) is 16.6. The summed E-state index contributed by atoms with van der Waals surface area (Å²) in [6.07, 6.45) is 0. The van der Waals surface area contributed by atoms with E-state index in [9.17, 15) is 13.2 Å². The lowest BCUT2D eigenvalue weighted by atomic mass is 10.2. The molecule has 27 heavy (non-hydrogen) atoms. The summed E-state index contributed by atoms with van der Waals surface area (Å²) in [7, 11) is 2.77. The Balaban J connectivity index is 1.95. The van der Waals surface area contributed by atoms with Crippen molar-refractivity contribution in [3.05, 3.63) is 54.1 Å². The van der Waals surface area contributed by atoms with Crippen LogP contribution < -0.4 is 15.5 Å². The third-order valence-corrected chi connectivity index (χ3v) is 5.58. The molecule has 2 amide bonds. The SMILES string of the molecule is CON(C)S(=O)(=O)c1ccc(NC(=O)NCc2cccc(N(C)C)c2)cc1. The second kappa shape index (κ2) is 8.85. The Labute approximate surface area is 159 Å². The molecule has 2 aromatic rings. The number of carbonyl (C=O) groups is 1. The average Bonchev–Trinajstić information content (AvgIpc) is 2.66. The second-order valence-electron chi connectivity index (χ2n) is 5.99. The Morgan fingerprint density at radius 1 is 1.07 bits per heavy atom. The van der Waals surface area contributed by atoms with Gasteiger partial charge in [0.2, 0.25) is 0 Å². The minimum atomic E-state index is -3.71. The summed E-state index contributed by atoms with van der Waals surface area (Å²) >= 11 is 0. The van der Waals surface area contributed by atoms with Crippen molar-refractivity contribution in [3.63, 3.8) is 0 Å². The molecule has 0 bridgehead atoms. The lowest BCUT2D eigenvalue weighted by Crippen LogP contribution is -2.28. The Bertz CT molecular complexity index is 882. The van der Waals surface area contributed by atoms with E-state index in [0.717, 1.165) is 15.7 Å². The van der Waals surface area contributed by atoms with Crippen molar-refractivity contribution in [2.24, 2.45) is 0 Å². The molecular weight excluding hydrogens is 368 g/mol. The number of nitrogens with one attached hydrogen (secondary N) is 2. The van der Waals surface area contributed by atoms with Crippen LogP contribution in [0.15, 0.2) is 53.4 Å². The Kier molecular flexibility index (Phi) is 6.78. The number of rotatable bonds is 7. The molecule has 0 heterocycles. The molecule has 0 fully saturated rings. The minimum absolute atomic E-state index is 0.0679. The fraction of sp³-hybridized carbons (Fsp3) is 0.278. The maximum absolute atomic E-state index is 12.1. The predicted octanol–water partition coefficient (Wildman–Crippen LogP) is 2.26. The maximum Gasteiger partial charge on any atom is 0.319 e. The van der Waals surface area contributed by atoms with Gasteiger partial charge in [0.1, 0.15) is 0 Å². The number of sulfonamides is 1. The molecule has 0 saturated carbocycles. The standard InChI is InChI=1S/C18H24N4O4S/c1-21(2)16-7-5-6-14(12-16)13-19-18(23)20-15-8-10-17(11-9-15)27(24,25)22(3)26-4/h5-12H,13H2,1-4H3,(H2,19,20,23). The Hall–Kier alpha value is -2.62. The van der Waals surface area contributed by atoms with Gasteiger partial charge in [0.05, 0.1) is 12.0 Å². The van der Waals surface area contributed by atoms with Crippen LogP contribution in [0, 0.1) is 0 Å². The van der Waals surface area contributed by atoms with Crippen LogP contribution in [0.2, 0.25) is 0 Å². The van der Waals surface area contributed by atoms with Crippen LogP contribution in [0.1, 0.15) is 5.56 Å². The van der Waals surface area contributed by atoms with E-state index in [0.29, 0.717) is 12.2 Å². The van der Waals surface area contributed by atoms with Crippen LogP contribution in [-0.2, 0) is 21.4 Å². The van der Waals surface area contributed by atoms with Gasteiger partial charge >= 0.3 is 6.03 Å². The third kappa shape index (κ3) is 5.43. The first-order chi connectivity index (χ1) is 12.7. The number of hydroxylamine groups is 1. The van der Waals surface area contributed by atoms with Gasteiger partial charge in [-0.3, -0.25) is 4.84 Å². The van der Waals surface area contributed by atoms with E-state index >= 15 is 0 Å². The highest BCUT2D eigenvalue weighted by molar-refractivity contribution is 7.89. The molecule has 9 heteroatoms. The molecule has 2 rings (SSSR count). The maximum atomic E-state index is 12.1. The van der Waals surface area contributed by atoms with Gasteiger partial charge in [-0.15, -0.1) is 0 Å². The van der Waals surface area contributed by atoms with Crippen LogP contribution in [0.3, 0.4) is 0 Å². The number of hydrogen-bond acceptors (Lipinski definition) is 5. The molecule has 0 aliphatic carbocycles. The largest absolute Gasteiger partial charge is 0.378 e. The Morgan fingerprint density at radius 3 is 2.33 bits per heavy atom. The number of amides is 2. The van der Waals surface area contributed by atoms with Crippen LogP contribution >= 0.6 is 0 Å². The second-order valence-corrected chi connectivity index (χ2v) is 7.93. The monoisotopic (exact) mass is 392 g/mol. The summed E-state index contributed by atoms with van der Waals surface area (Å²) in [6.45, 7) is 0.374. The number of nitrogens with zero attached hydrogens (tertiary/aromatic N) is 2. The van der Waals surface area contributed by atoms with Crippen LogP contribution in [0.4, 0.5) is 16.2 Å². The molecule has 2 aromatic carbocycles. The van der Waals surface area contributed by atoms with Crippen LogP contribution in [-0.4, -0.2) is 47.2 Å². The van der Waals surface area contributed by atoms with E-state index < -0.39 is 10.0 Å². The number of anilines is 2. The zero-order chi connectivity index (χ0) is 20.0. The predicted molar refractivity (Wildman–Crippen MR) is 105 cm³/mol. The molecule has 0 radical (unpaired) electrons. The first kappa shape index (κ1) is 20.7. The van der Waals surface area contributed by atoms with Crippen LogP contribution in [0.5, 0.6) is 0 Å². The van der Waals surface area contributed by atoms with E-state index in [2.05, 4.69) is 10.6 Å². The molecule has 0 unspecified atom stereocenters.